The highest BCUT2D eigenvalue weighted by molar-refractivity contribution is 4.71. The number of hydrogen-bond acceptors (Lipinski definition) is 2. The van der Waals surface area contributed by atoms with Gasteiger partial charge >= 0.3 is 0 Å². The Morgan fingerprint density at radius 3 is 2.50 bits per heavy atom. The van der Waals surface area contributed by atoms with Crippen molar-refractivity contribution in [3.8, 4) is 0 Å². The third-order valence-corrected chi connectivity index (χ3v) is 2.89. The summed E-state index contributed by atoms with van der Waals surface area (Å²) in [6.07, 6.45) is 3.85. The molecule has 0 unspecified atom stereocenters. The molecule has 1 saturated heterocycles. The maximum absolute atomic E-state index is 8.91. The van der Waals surface area contributed by atoms with Gasteiger partial charge in [0.25, 0.3) is 0 Å². The highest BCUT2D eigenvalue weighted by Gasteiger charge is 2.18. The van der Waals surface area contributed by atoms with Crippen molar-refractivity contribution in [2.75, 3.05) is 26.7 Å². The molecule has 0 amide bonds. The normalized spacial score (nSPS) is 24.2. The first-order valence-corrected chi connectivity index (χ1v) is 5.01. The van der Waals surface area contributed by atoms with Crippen molar-refractivity contribution in [2.24, 2.45) is 11.8 Å². The van der Waals surface area contributed by atoms with Crippen LogP contribution in [0.25, 0.3) is 0 Å². The quantitative estimate of drug-likeness (QED) is 0.693. The van der Waals surface area contributed by atoms with Gasteiger partial charge in [0.05, 0.1) is 0 Å². The molecule has 0 aliphatic carbocycles. The minimum Gasteiger partial charge on any atom is -0.396 e. The Morgan fingerprint density at radius 1 is 1.42 bits per heavy atom. The molecule has 0 radical (unpaired) electrons. The van der Waals surface area contributed by atoms with Crippen molar-refractivity contribution in [3.05, 3.63) is 0 Å². The first kappa shape index (κ1) is 10.0. The van der Waals surface area contributed by atoms with Gasteiger partial charge in [-0.1, -0.05) is 6.92 Å². The molecule has 1 atom stereocenters. The average molecular weight is 171 g/mol. The molecule has 0 spiro atoms. The van der Waals surface area contributed by atoms with Crippen LogP contribution in [0.15, 0.2) is 0 Å². The van der Waals surface area contributed by atoms with Gasteiger partial charge in [-0.2, -0.15) is 0 Å². The summed E-state index contributed by atoms with van der Waals surface area (Å²) in [7, 11) is 2.19. The van der Waals surface area contributed by atoms with Crippen molar-refractivity contribution in [1.29, 1.82) is 0 Å². The Balaban J connectivity index is 2.17. The van der Waals surface area contributed by atoms with E-state index in [1.165, 1.54) is 32.4 Å². The molecule has 0 aromatic rings. The van der Waals surface area contributed by atoms with Gasteiger partial charge in [-0.15, -0.1) is 0 Å². The van der Waals surface area contributed by atoms with Crippen molar-refractivity contribution < 1.29 is 5.11 Å². The van der Waals surface area contributed by atoms with Crippen molar-refractivity contribution in [3.63, 3.8) is 0 Å². The molecule has 0 bridgehead atoms. The fourth-order valence-electron chi connectivity index (χ4n) is 1.94. The second-order valence-electron chi connectivity index (χ2n) is 4.27. The van der Waals surface area contributed by atoms with Gasteiger partial charge in [0.15, 0.2) is 0 Å². The molecule has 1 fully saturated rings. The van der Waals surface area contributed by atoms with Crippen LogP contribution in [0.4, 0.5) is 0 Å². The van der Waals surface area contributed by atoms with Gasteiger partial charge in [-0.3, -0.25) is 0 Å². The first-order valence-electron chi connectivity index (χ1n) is 5.01. The zero-order chi connectivity index (χ0) is 8.97. The van der Waals surface area contributed by atoms with Crippen LogP contribution in [-0.4, -0.2) is 36.8 Å². The lowest BCUT2D eigenvalue weighted by molar-refractivity contribution is 0.166. The van der Waals surface area contributed by atoms with Gasteiger partial charge < -0.3 is 10.0 Å². The minimum atomic E-state index is 0.354. The van der Waals surface area contributed by atoms with Crippen LogP contribution in [0.5, 0.6) is 0 Å². The van der Waals surface area contributed by atoms with Crippen LogP contribution in [-0.2, 0) is 0 Å². The van der Waals surface area contributed by atoms with Gasteiger partial charge in [-0.25, -0.2) is 0 Å². The lowest BCUT2D eigenvalue weighted by atomic mass is 9.88. The fraction of sp³-hybridized carbons (Fsp3) is 1.00. The highest BCUT2D eigenvalue weighted by Crippen LogP contribution is 2.22. The molecule has 2 nitrogen and oxygen atoms in total. The molecular weight excluding hydrogens is 150 g/mol. The summed E-state index contributed by atoms with van der Waals surface area (Å²) in [6.45, 7) is 4.97. The minimum absolute atomic E-state index is 0.354. The van der Waals surface area contributed by atoms with E-state index < -0.39 is 0 Å². The van der Waals surface area contributed by atoms with E-state index >= 15 is 0 Å². The number of hydrogen-bond donors (Lipinski definition) is 1. The first-order chi connectivity index (χ1) is 5.72. The van der Waals surface area contributed by atoms with Crippen LogP contribution >= 0.6 is 0 Å². The van der Waals surface area contributed by atoms with Crippen LogP contribution in [0.3, 0.4) is 0 Å². The van der Waals surface area contributed by atoms with Gasteiger partial charge in [-0.05, 0) is 51.2 Å². The topological polar surface area (TPSA) is 23.5 Å². The summed E-state index contributed by atoms with van der Waals surface area (Å²) >= 11 is 0. The van der Waals surface area contributed by atoms with E-state index in [4.69, 9.17) is 5.11 Å². The SMILES string of the molecule is C[C@@H](CO)CC1CCN(C)CC1. The van der Waals surface area contributed by atoms with Gasteiger partial charge in [0.2, 0.25) is 0 Å². The van der Waals surface area contributed by atoms with E-state index in [2.05, 4.69) is 18.9 Å². The van der Waals surface area contributed by atoms with E-state index in [0.29, 0.717) is 12.5 Å². The predicted molar refractivity (Wildman–Crippen MR) is 51.1 cm³/mol. The second kappa shape index (κ2) is 4.83. The molecule has 2 heteroatoms. The molecular formula is C10H21NO. The molecule has 1 aliphatic heterocycles. The van der Waals surface area contributed by atoms with E-state index in [0.717, 1.165) is 5.92 Å². The molecule has 0 aromatic heterocycles. The Labute approximate surface area is 75.6 Å². The zero-order valence-electron chi connectivity index (χ0n) is 8.29. The van der Waals surface area contributed by atoms with Gasteiger partial charge in [0, 0.05) is 6.61 Å². The standard InChI is InChI=1S/C10H21NO/c1-9(8-12)7-10-3-5-11(2)6-4-10/h9-10,12H,3-8H2,1-2H3/t9-/m1/s1. The Morgan fingerprint density at radius 2 is 2.00 bits per heavy atom. The Kier molecular flexibility index (Phi) is 4.02. The lowest BCUT2D eigenvalue weighted by Crippen LogP contribution is -2.31. The summed E-state index contributed by atoms with van der Waals surface area (Å²) < 4.78 is 0. The van der Waals surface area contributed by atoms with Crippen LogP contribution in [0.2, 0.25) is 0 Å². The predicted octanol–water partition coefficient (Wildman–Crippen LogP) is 1.35. The van der Waals surface area contributed by atoms with Crippen molar-refractivity contribution >= 4 is 0 Å². The van der Waals surface area contributed by atoms with E-state index in [1.54, 1.807) is 0 Å². The summed E-state index contributed by atoms with van der Waals surface area (Å²) in [5.41, 5.74) is 0. The highest BCUT2D eigenvalue weighted by atomic mass is 16.3. The average Bonchev–Trinajstić information content (AvgIpc) is 2.09. The maximum Gasteiger partial charge on any atom is 0.0456 e. The lowest BCUT2D eigenvalue weighted by Gasteiger charge is -2.30. The number of rotatable bonds is 3. The summed E-state index contributed by atoms with van der Waals surface area (Å²) in [4.78, 5) is 2.39. The smallest absolute Gasteiger partial charge is 0.0456 e. The molecule has 12 heavy (non-hydrogen) atoms. The summed E-state index contributed by atoms with van der Waals surface area (Å²) in [5.74, 6) is 1.36. The van der Waals surface area contributed by atoms with E-state index in [1.807, 2.05) is 0 Å². The third-order valence-electron chi connectivity index (χ3n) is 2.89. The third kappa shape index (κ3) is 3.11. The fourth-order valence-corrected chi connectivity index (χ4v) is 1.94. The number of aliphatic hydroxyl groups is 1. The number of aliphatic hydroxyl groups excluding tert-OH is 1. The summed E-state index contributed by atoms with van der Waals surface area (Å²) in [6, 6.07) is 0. The zero-order valence-corrected chi connectivity index (χ0v) is 8.29. The largest absolute Gasteiger partial charge is 0.396 e. The van der Waals surface area contributed by atoms with Crippen LogP contribution < -0.4 is 0 Å². The molecule has 0 saturated carbocycles. The summed E-state index contributed by atoms with van der Waals surface area (Å²) in [5, 5.41) is 8.91. The molecule has 0 aromatic carbocycles. The number of nitrogens with zero attached hydrogens (tertiary/aromatic N) is 1. The molecule has 1 aliphatic rings. The Hall–Kier alpha value is -0.0800. The molecule has 72 valence electrons. The van der Waals surface area contributed by atoms with Crippen molar-refractivity contribution in [1.82, 2.24) is 4.90 Å². The number of likely N-dealkylation sites (tertiary alicyclic amines) is 1. The van der Waals surface area contributed by atoms with Crippen molar-refractivity contribution in [2.45, 2.75) is 26.2 Å². The van der Waals surface area contributed by atoms with Crippen LogP contribution in [0, 0.1) is 11.8 Å². The number of piperidine rings is 1. The van der Waals surface area contributed by atoms with E-state index in [-0.39, 0.29) is 0 Å². The van der Waals surface area contributed by atoms with E-state index in [9.17, 15) is 0 Å². The van der Waals surface area contributed by atoms with Gasteiger partial charge in [0.1, 0.15) is 0 Å². The second-order valence-corrected chi connectivity index (χ2v) is 4.27. The monoisotopic (exact) mass is 171 g/mol. The molecule has 1 rings (SSSR count). The van der Waals surface area contributed by atoms with Crippen LogP contribution in [0.1, 0.15) is 26.2 Å². The molecule has 1 N–H and O–H groups in total. The molecule has 1 heterocycles. The maximum atomic E-state index is 8.91. The Bertz CT molecular complexity index is 119.